The van der Waals surface area contributed by atoms with E-state index in [0.717, 1.165) is 21.9 Å². The van der Waals surface area contributed by atoms with Crippen molar-refractivity contribution in [2.24, 2.45) is 5.73 Å². The van der Waals surface area contributed by atoms with Gasteiger partial charge in [-0.05, 0) is 34.5 Å². The average molecular weight is 299 g/mol. The van der Waals surface area contributed by atoms with Crippen LogP contribution in [0.3, 0.4) is 0 Å². The summed E-state index contributed by atoms with van der Waals surface area (Å²) in [5.41, 5.74) is 8.37. The number of benzene rings is 2. The fourth-order valence-corrected chi connectivity index (χ4v) is 3.13. The molecule has 1 aliphatic heterocycles. The predicted octanol–water partition coefficient (Wildman–Crippen LogP) is 3.45. The number of nitrogens with zero attached hydrogens (tertiary/aromatic N) is 2. The van der Waals surface area contributed by atoms with Crippen molar-refractivity contribution < 1.29 is 4.74 Å². The van der Waals surface area contributed by atoms with Gasteiger partial charge in [-0.2, -0.15) is 5.26 Å². The highest BCUT2D eigenvalue weighted by Crippen LogP contribution is 2.45. The van der Waals surface area contributed by atoms with Crippen molar-refractivity contribution in [1.29, 1.82) is 5.26 Å². The van der Waals surface area contributed by atoms with Crippen molar-refractivity contribution in [3.63, 3.8) is 0 Å². The molecule has 4 heteroatoms. The van der Waals surface area contributed by atoms with Gasteiger partial charge < -0.3 is 10.5 Å². The zero-order valence-electron chi connectivity index (χ0n) is 12.2. The topological polar surface area (TPSA) is 71.9 Å². The summed E-state index contributed by atoms with van der Waals surface area (Å²) in [5.74, 6) is 0.608. The van der Waals surface area contributed by atoms with E-state index in [0.29, 0.717) is 11.3 Å². The minimum atomic E-state index is -0.252. The quantitative estimate of drug-likeness (QED) is 0.747. The fraction of sp³-hybridized carbons (Fsp3) is 0.0526. The Hall–Kier alpha value is -3.32. The minimum Gasteiger partial charge on any atom is -0.440 e. The molecule has 110 valence electrons. The van der Waals surface area contributed by atoms with Crippen LogP contribution in [-0.4, -0.2) is 4.98 Å². The third-order valence-electron chi connectivity index (χ3n) is 4.15. The Labute approximate surface area is 133 Å². The predicted molar refractivity (Wildman–Crippen MR) is 87.5 cm³/mol. The molecule has 0 aliphatic carbocycles. The number of aromatic nitrogens is 1. The van der Waals surface area contributed by atoms with Crippen molar-refractivity contribution in [2.75, 3.05) is 0 Å². The number of pyridine rings is 1. The minimum absolute atomic E-state index is 0.164. The summed E-state index contributed by atoms with van der Waals surface area (Å²) in [6.07, 6.45) is 3.45. The number of nitrogens with two attached hydrogens (primary N) is 1. The second-order valence-corrected chi connectivity index (χ2v) is 5.40. The lowest BCUT2D eigenvalue weighted by Gasteiger charge is -2.27. The molecule has 4 rings (SSSR count). The van der Waals surface area contributed by atoms with Crippen LogP contribution in [0, 0.1) is 11.3 Å². The van der Waals surface area contributed by atoms with Gasteiger partial charge in [-0.25, -0.2) is 0 Å². The number of rotatable bonds is 1. The molecule has 2 aromatic carbocycles. The van der Waals surface area contributed by atoms with Crippen LogP contribution in [0.25, 0.3) is 10.8 Å². The van der Waals surface area contributed by atoms with E-state index in [2.05, 4.69) is 11.1 Å². The van der Waals surface area contributed by atoms with Gasteiger partial charge in [-0.15, -0.1) is 0 Å². The summed E-state index contributed by atoms with van der Waals surface area (Å²) in [5, 5.41) is 11.8. The van der Waals surface area contributed by atoms with Crippen LogP contribution >= 0.6 is 0 Å². The van der Waals surface area contributed by atoms with Gasteiger partial charge in [0.2, 0.25) is 5.88 Å². The Kier molecular flexibility index (Phi) is 2.99. The molecule has 2 N–H and O–H groups in total. The van der Waals surface area contributed by atoms with E-state index >= 15 is 0 Å². The number of hydrogen-bond acceptors (Lipinski definition) is 4. The summed E-state index contributed by atoms with van der Waals surface area (Å²) in [6, 6.07) is 18.0. The molecule has 23 heavy (non-hydrogen) atoms. The maximum atomic E-state index is 9.61. The van der Waals surface area contributed by atoms with Crippen molar-refractivity contribution in [2.45, 2.75) is 5.92 Å². The van der Waals surface area contributed by atoms with Gasteiger partial charge in [-0.3, -0.25) is 4.98 Å². The summed E-state index contributed by atoms with van der Waals surface area (Å²) in [7, 11) is 0. The Morgan fingerprint density at radius 2 is 1.83 bits per heavy atom. The monoisotopic (exact) mass is 299 g/mol. The molecule has 1 aliphatic rings. The van der Waals surface area contributed by atoms with E-state index in [9.17, 15) is 5.26 Å². The van der Waals surface area contributed by atoms with Gasteiger partial charge in [0.25, 0.3) is 0 Å². The molecule has 0 unspecified atom stereocenters. The maximum Gasteiger partial charge on any atom is 0.205 e. The van der Waals surface area contributed by atoms with Crippen LogP contribution in [-0.2, 0) is 0 Å². The molecule has 3 aromatic rings. The van der Waals surface area contributed by atoms with E-state index < -0.39 is 0 Å². The highest BCUT2D eigenvalue weighted by molar-refractivity contribution is 5.90. The van der Waals surface area contributed by atoms with Crippen LogP contribution < -0.4 is 10.5 Å². The Balaban J connectivity index is 2.08. The largest absolute Gasteiger partial charge is 0.440 e. The van der Waals surface area contributed by atoms with Crippen LogP contribution in [0.5, 0.6) is 5.75 Å². The van der Waals surface area contributed by atoms with Gasteiger partial charge in [0.05, 0.1) is 5.92 Å². The Bertz CT molecular complexity index is 971. The smallest absolute Gasteiger partial charge is 0.205 e. The molecule has 0 bridgehead atoms. The number of fused-ring (bicyclic) bond motifs is 3. The molecule has 1 atom stereocenters. The summed E-state index contributed by atoms with van der Waals surface area (Å²) >= 11 is 0. The maximum absolute atomic E-state index is 9.61. The first-order chi connectivity index (χ1) is 11.3. The van der Waals surface area contributed by atoms with Crippen LogP contribution in [0.2, 0.25) is 0 Å². The normalized spacial score (nSPS) is 16.6. The highest BCUT2D eigenvalue weighted by Gasteiger charge is 2.31. The summed E-state index contributed by atoms with van der Waals surface area (Å²) in [6.45, 7) is 0. The molecule has 2 heterocycles. The molecule has 0 fully saturated rings. The number of nitriles is 1. The second kappa shape index (κ2) is 5.15. The van der Waals surface area contributed by atoms with Gasteiger partial charge in [0.15, 0.2) is 0 Å². The lowest BCUT2D eigenvalue weighted by atomic mass is 9.81. The summed E-state index contributed by atoms with van der Waals surface area (Å²) < 4.78 is 5.71. The van der Waals surface area contributed by atoms with Gasteiger partial charge in [-0.1, -0.05) is 30.3 Å². The van der Waals surface area contributed by atoms with Gasteiger partial charge >= 0.3 is 0 Å². The molecule has 0 saturated carbocycles. The van der Waals surface area contributed by atoms with Crippen molar-refractivity contribution in [3.8, 4) is 11.8 Å². The zero-order valence-corrected chi connectivity index (χ0v) is 12.2. The molecule has 4 nitrogen and oxygen atoms in total. The van der Waals surface area contributed by atoms with Crippen LogP contribution in [0.4, 0.5) is 0 Å². The first-order valence-electron chi connectivity index (χ1n) is 7.29. The molecule has 0 spiro atoms. The van der Waals surface area contributed by atoms with E-state index in [1.807, 2.05) is 48.5 Å². The molecule has 0 saturated heterocycles. The van der Waals surface area contributed by atoms with Crippen LogP contribution in [0.15, 0.2) is 72.4 Å². The third kappa shape index (κ3) is 2.02. The van der Waals surface area contributed by atoms with E-state index in [1.165, 1.54) is 0 Å². The van der Waals surface area contributed by atoms with E-state index in [4.69, 9.17) is 10.5 Å². The highest BCUT2D eigenvalue weighted by atomic mass is 16.5. The summed E-state index contributed by atoms with van der Waals surface area (Å²) in [4.78, 5) is 4.07. The lowest BCUT2D eigenvalue weighted by molar-refractivity contribution is 0.395. The van der Waals surface area contributed by atoms with Gasteiger partial charge in [0.1, 0.15) is 17.4 Å². The first-order valence-corrected chi connectivity index (χ1v) is 7.29. The molecular formula is C19H13N3O. The van der Waals surface area contributed by atoms with Gasteiger partial charge in [0, 0.05) is 18.0 Å². The standard InChI is InChI=1S/C19H13N3O/c20-11-15-17(13-7-9-22-10-8-13)18-14-4-2-1-3-12(14)5-6-16(18)23-19(15)21/h1-10,17H,21H2/t17-/m1/s1. The number of hydrogen-bond donors (Lipinski definition) is 1. The fourth-order valence-electron chi connectivity index (χ4n) is 3.13. The molecule has 0 amide bonds. The van der Waals surface area contributed by atoms with E-state index in [1.54, 1.807) is 12.4 Å². The van der Waals surface area contributed by atoms with Crippen molar-refractivity contribution in [3.05, 3.63) is 83.5 Å². The second-order valence-electron chi connectivity index (χ2n) is 5.40. The number of allylic oxidation sites excluding steroid dienone is 1. The molecule has 1 aromatic heterocycles. The number of ether oxygens (including phenoxy) is 1. The lowest BCUT2D eigenvalue weighted by Crippen LogP contribution is -2.21. The van der Waals surface area contributed by atoms with Crippen LogP contribution in [0.1, 0.15) is 17.0 Å². The van der Waals surface area contributed by atoms with E-state index in [-0.39, 0.29) is 11.8 Å². The SMILES string of the molecule is N#CC1=C(N)Oc2ccc3ccccc3c2[C@@H]1c1ccncc1. The molecular weight excluding hydrogens is 286 g/mol. The Morgan fingerprint density at radius 1 is 1.04 bits per heavy atom. The zero-order chi connectivity index (χ0) is 15.8. The van der Waals surface area contributed by atoms with Crippen molar-refractivity contribution in [1.82, 2.24) is 4.98 Å². The Morgan fingerprint density at radius 3 is 2.61 bits per heavy atom. The average Bonchev–Trinajstić information content (AvgIpc) is 2.61. The molecule has 0 radical (unpaired) electrons. The first kappa shape index (κ1) is 13.4. The third-order valence-corrected chi connectivity index (χ3v) is 4.15. The van der Waals surface area contributed by atoms with Crippen molar-refractivity contribution >= 4 is 10.8 Å².